The Morgan fingerprint density at radius 1 is 0.757 bits per heavy atom. The summed E-state index contributed by atoms with van der Waals surface area (Å²) in [5.41, 5.74) is 1.62. The zero-order valence-electron chi connectivity index (χ0n) is 20.1. The summed E-state index contributed by atoms with van der Waals surface area (Å²) >= 11 is 6.17. The molecule has 0 unspecified atom stereocenters. The molecule has 0 spiro atoms. The molecular formula is C25H27ClF3N7O. The van der Waals surface area contributed by atoms with Gasteiger partial charge in [0.15, 0.2) is 0 Å². The fourth-order valence-corrected chi connectivity index (χ4v) is 4.68. The fraction of sp³-hybridized carbons (Fsp3) is 0.400. The van der Waals surface area contributed by atoms with Gasteiger partial charge in [-0.25, -0.2) is 0 Å². The minimum absolute atomic E-state index is 0.291. The Labute approximate surface area is 218 Å². The largest absolute Gasteiger partial charge is 0.573 e. The van der Waals surface area contributed by atoms with Crippen LogP contribution in [-0.2, 0) is 0 Å². The highest BCUT2D eigenvalue weighted by Gasteiger charge is 2.31. The van der Waals surface area contributed by atoms with Gasteiger partial charge in [-0.05, 0) is 61.7 Å². The number of aromatic nitrogens is 3. The third-order valence-electron chi connectivity index (χ3n) is 6.33. The van der Waals surface area contributed by atoms with E-state index in [0.717, 1.165) is 57.8 Å². The van der Waals surface area contributed by atoms with Gasteiger partial charge in [0.1, 0.15) is 5.75 Å². The van der Waals surface area contributed by atoms with E-state index in [9.17, 15) is 13.2 Å². The summed E-state index contributed by atoms with van der Waals surface area (Å²) in [6.45, 7) is 4.75. The van der Waals surface area contributed by atoms with Crippen molar-refractivity contribution in [1.82, 2.24) is 15.0 Å². The number of hydrogen-bond acceptors (Lipinski definition) is 8. The van der Waals surface area contributed by atoms with Crippen molar-refractivity contribution >= 4 is 40.8 Å². The monoisotopic (exact) mass is 533 g/mol. The summed E-state index contributed by atoms with van der Waals surface area (Å²) < 4.78 is 41.4. The summed E-state index contributed by atoms with van der Waals surface area (Å²) in [5.74, 6) is 1.22. The van der Waals surface area contributed by atoms with Gasteiger partial charge in [0.2, 0.25) is 17.8 Å². The third-order valence-corrected chi connectivity index (χ3v) is 6.57. The van der Waals surface area contributed by atoms with Crippen LogP contribution in [0.3, 0.4) is 0 Å². The van der Waals surface area contributed by atoms with Crippen molar-refractivity contribution in [3.8, 4) is 5.75 Å². The van der Waals surface area contributed by atoms with Crippen molar-refractivity contribution in [2.24, 2.45) is 0 Å². The maximum Gasteiger partial charge on any atom is 0.573 e. The van der Waals surface area contributed by atoms with E-state index >= 15 is 0 Å². The van der Waals surface area contributed by atoms with E-state index in [1.165, 1.54) is 30.7 Å². The Kier molecular flexibility index (Phi) is 7.40. The molecule has 196 valence electrons. The van der Waals surface area contributed by atoms with E-state index in [1.54, 1.807) is 0 Å². The smallest absolute Gasteiger partial charge is 0.406 e. The molecule has 0 amide bonds. The van der Waals surface area contributed by atoms with Crippen molar-refractivity contribution in [3.05, 3.63) is 53.6 Å². The zero-order chi connectivity index (χ0) is 25.8. The molecule has 0 saturated carbocycles. The Balaban J connectivity index is 1.34. The second-order valence-corrected chi connectivity index (χ2v) is 9.39. The predicted octanol–water partition coefficient (Wildman–Crippen LogP) is 5.48. The Morgan fingerprint density at radius 2 is 1.38 bits per heavy atom. The lowest BCUT2D eigenvalue weighted by Crippen LogP contribution is -2.47. The summed E-state index contributed by atoms with van der Waals surface area (Å²) in [6, 6.07) is 13.3. The number of piperazine rings is 1. The SMILES string of the molecule is FC(F)(F)Oc1ccc(Nc2nc(N3CCCCC3)nc(N3CCN(c4cccc(Cl)c4)CC3)n2)cc1. The molecule has 0 radical (unpaired) electrons. The molecule has 8 nitrogen and oxygen atoms in total. The van der Waals surface area contributed by atoms with Gasteiger partial charge in [0.25, 0.3) is 0 Å². The molecular weight excluding hydrogens is 507 g/mol. The first-order chi connectivity index (χ1) is 17.8. The standard InChI is InChI=1S/C25H27ClF3N7O/c26-18-5-4-6-20(17-18)34-13-15-36(16-14-34)24-32-22(31-23(33-24)35-11-2-1-3-12-35)30-19-7-9-21(10-8-19)37-25(27,28)29/h4-10,17H,1-3,11-16H2,(H,30,31,32,33). The van der Waals surface area contributed by atoms with Gasteiger partial charge in [0, 0.05) is 55.7 Å². The molecule has 12 heteroatoms. The molecule has 37 heavy (non-hydrogen) atoms. The molecule has 2 saturated heterocycles. The van der Waals surface area contributed by atoms with Crippen LogP contribution >= 0.6 is 11.6 Å². The topological polar surface area (TPSA) is 69.7 Å². The molecule has 2 fully saturated rings. The number of anilines is 5. The van der Waals surface area contributed by atoms with Crippen LogP contribution in [0.15, 0.2) is 48.5 Å². The molecule has 2 aliphatic rings. The van der Waals surface area contributed by atoms with Gasteiger partial charge in [-0.15, -0.1) is 13.2 Å². The summed E-state index contributed by atoms with van der Waals surface area (Å²) in [4.78, 5) is 20.6. The van der Waals surface area contributed by atoms with Gasteiger partial charge >= 0.3 is 6.36 Å². The maximum absolute atomic E-state index is 12.5. The van der Waals surface area contributed by atoms with Gasteiger partial charge in [-0.2, -0.15) is 15.0 Å². The maximum atomic E-state index is 12.5. The molecule has 1 N–H and O–H groups in total. The number of halogens is 4. The number of hydrogen-bond donors (Lipinski definition) is 1. The summed E-state index contributed by atoms with van der Waals surface area (Å²) in [7, 11) is 0. The highest BCUT2D eigenvalue weighted by molar-refractivity contribution is 6.30. The second kappa shape index (κ2) is 10.9. The molecule has 0 bridgehead atoms. The van der Waals surface area contributed by atoms with E-state index in [-0.39, 0.29) is 5.75 Å². The number of ether oxygens (including phenoxy) is 1. The van der Waals surface area contributed by atoms with Crippen molar-refractivity contribution in [2.75, 3.05) is 59.3 Å². The molecule has 2 aromatic carbocycles. The molecule has 0 atom stereocenters. The van der Waals surface area contributed by atoms with Crippen LogP contribution in [0.4, 0.5) is 42.4 Å². The van der Waals surface area contributed by atoms with E-state index in [2.05, 4.69) is 34.7 Å². The number of rotatable bonds is 6. The molecule has 0 aliphatic carbocycles. The third kappa shape index (κ3) is 6.65. The average molecular weight is 534 g/mol. The number of alkyl halides is 3. The van der Waals surface area contributed by atoms with Crippen LogP contribution in [-0.4, -0.2) is 60.6 Å². The van der Waals surface area contributed by atoms with Crippen LogP contribution in [0.5, 0.6) is 5.75 Å². The number of piperidine rings is 1. The van der Waals surface area contributed by atoms with Crippen LogP contribution in [0.2, 0.25) is 5.02 Å². The lowest BCUT2D eigenvalue weighted by atomic mass is 10.1. The predicted molar refractivity (Wildman–Crippen MR) is 138 cm³/mol. The average Bonchev–Trinajstić information content (AvgIpc) is 2.89. The van der Waals surface area contributed by atoms with Crippen molar-refractivity contribution in [3.63, 3.8) is 0 Å². The molecule has 3 heterocycles. The normalized spacial score (nSPS) is 16.6. The van der Waals surface area contributed by atoms with Gasteiger partial charge in [-0.1, -0.05) is 17.7 Å². The van der Waals surface area contributed by atoms with Crippen LogP contribution in [0.25, 0.3) is 0 Å². The van der Waals surface area contributed by atoms with Gasteiger partial charge in [0.05, 0.1) is 0 Å². The second-order valence-electron chi connectivity index (χ2n) is 8.96. The Bertz CT molecular complexity index is 1200. The Hall–Kier alpha value is -3.47. The number of nitrogens with zero attached hydrogens (tertiary/aromatic N) is 6. The van der Waals surface area contributed by atoms with Crippen LogP contribution < -0.4 is 24.8 Å². The Morgan fingerprint density at radius 3 is 2.00 bits per heavy atom. The van der Waals surface area contributed by atoms with Crippen molar-refractivity contribution in [1.29, 1.82) is 0 Å². The van der Waals surface area contributed by atoms with Crippen LogP contribution in [0, 0.1) is 0 Å². The van der Waals surface area contributed by atoms with E-state index in [4.69, 9.17) is 16.6 Å². The molecule has 1 aromatic heterocycles. The zero-order valence-corrected chi connectivity index (χ0v) is 20.8. The van der Waals surface area contributed by atoms with E-state index < -0.39 is 6.36 Å². The number of nitrogens with one attached hydrogen (secondary N) is 1. The highest BCUT2D eigenvalue weighted by Crippen LogP contribution is 2.27. The lowest BCUT2D eigenvalue weighted by molar-refractivity contribution is -0.274. The number of benzene rings is 2. The minimum atomic E-state index is -4.74. The minimum Gasteiger partial charge on any atom is -0.406 e. The summed E-state index contributed by atoms with van der Waals surface area (Å²) in [6.07, 6.45) is -1.42. The van der Waals surface area contributed by atoms with Crippen molar-refractivity contribution < 1.29 is 17.9 Å². The quantitative estimate of drug-likeness (QED) is 0.446. The molecule has 5 rings (SSSR count). The molecule has 2 aliphatic heterocycles. The van der Waals surface area contributed by atoms with Crippen LogP contribution in [0.1, 0.15) is 19.3 Å². The van der Waals surface area contributed by atoms with Gasteiger partial charge in [-0.3, -0.25) is 0 Å². The first-order valence-corrected chi connectivity index (χ1v) is 12.6. The summed E-state index contributed by atoms with van der Waals surface area (Å²) in [5, 5.41) is 3.82. The van der Waals surface area contributed by atoms with Gasteiger partial charge < -0.3 is 24.8 Å². The highest BCUT2D eigenvalue weighted by atomic mass is 35.5. The first kappa shape index (κ1) is 25.2. The van der Waals surface area contributed by atoms with E-state index in [0.29, 0.717) is 28.6 Å². The lowest BCUT2D eigenvalue weighted by Gasteiger charge is -2.36. The fourth-order valence-electron chi connectivity index (χ4n) is 4.49. The van der Waals surface area contributed by atoms with Crippen molar-refractivity contribution in [2.45, 2.75) is 25.6 Å². The molecule has 3 aromatic rings. The first-order valence-electron chi connectivity index (χ1n) is 12.2. The van der Waals surface area contributed by atoms with E-state index in [1.807, 2.05) is 24.3 Å².